The highest BCUT2D eigenvalue weighted by Crippen LogP contribution is 2.31. The number of pyridine rings is 1. The third kappa shape index (κ3) is 3.64. The van der Waals surface area contributed by atoms with Crippen LogP contribution in [0, 0.1) is 11.3 Å². The van der Waals surface area contributed by atoms with E-state index in [9.17, 15) is 4.79 Å². The number of hydrogen-bond acceptors (Lipinski definition) is 7. The van der Waals surface area contributed by atoms with Gasteiger partial charge in [-0.15, -0.1) is 0 Å². The minimum Gasteiger partial charge on any atom is -0.456 e. The molecule has 1 fully saturated rings. The maximum Gasteiger partial charge on any atom is 0.342 e. The predicted octanol–water partition coefficient (Wildman–Crippen LogP) is 3.19. The molecule has 8 heteroatoms. The van der Waals surface area contributed by atoms with Crippen molar-refractivity contribution in [3.05, 3.63) is 42.0 Å². The number of ether oxygens (including phenoxy) is 1. The van der Waals surface area contributed by atoms with Gasteiger partial charge in [0.25, 0.3) is 0 Å². The summed E-state index contributed by atoms with van der Waals surface area (Å²) in [5.41, 5.74) is 2.89. The van der Waals surface area contributed by atoms with Crippen LogP contribution in [0.4, 0.5) is 5.69 Å². The molecule has 3 heterocycles. The van der Waals surface area contributed by atoms with E-state index in [1.54, 1.807) is 16.9 Å². The number of fused-ring (bicyclic) bond motifs is 1. The Labute approximate surface area is 162 Å². The summed E-state index contributed by atoms with van der Waals surface area (Å²) in [5, 5.41) is 16.7. The van der Waals surface area contributed by atoms with Gasteiger partial charge in [-0.3, -0.25) is 4.98 Å². The molecular weight excluding hydrogens is 356 g/mol. The summed E-state index contributed by atoms with van der Waals surface area (Å²) in [4.78, 5) is 21.4. The lowest BCUT2D eigenvalue weighted by atomic mass is 10.1. The minimum absolute atomic E-state index is 0.358. The van der Waals surface area contributed by atoms with Gasteiger partial charge in [-0.25, -0.2) is 14.3 Å². The van der Waals surface area contributed by atoms with Gasteiger partial charge >= 0.3 is 5.97 Å². The average Bonchev–Trinajstić information content (AvgIpc) is 3.35. The predicted molar refractivity (Wildman–Crippen MR) is 103 cm³/mol. The van der Waals surface area contributed by atoms with Crippen LogP contribution in [0.3, 0.4) is 0 Å². The van der Waals surface area contributed by atoms with E-state index < -0.39 is 11.6 Å². The van der Waals surface area contributed by atoms with Crippen molar-refractivity contribution in [1.29, 1.82) is 5.26 Å². The molecule has 0 saturated heterocycles. The average molecular weight is 376 g/mol. The molecular formula is C20H20N6O2. The fourth-order valence-electron chi connectivity index (χ4n) is 2.78. The molecule has 1 aliphatic rings. The smallest absolute Gasteiger partial charge is 0.342 e. The van der Waals surface area contributed by atoms with E-state index in [1.807, 2.05) is 32.9 Å². The molecule has 4 rings (SSSR count). The second-order valence-electron chi connectivity index (χ2n) is 7.82. The zero-order chi connectivity index (χ0) is 19.9. The Hall–Kier alpha value is -3.47. The molecule has 0 radical (unpaired) electrons. The van der Waals surface area contributed by atoms with Crippen LogP contribution in [0.25, 0.3) is 16.9 Å². The molecule has 3 aromatic heterocycles. The van der Waals surface area contributed by atoms with Crippen molar-refractivity contribution in [2.75, 3.05) is 5.32 Å². The van der Waals surface area contributed by atoms with E-state index in [0.29, 0.717) is 34.2 Å². The van der Waals surface area contributed by atoms with Gasteiger partial charge in [0, 0.05) is 18.4 Å². The van der Waals surface area contributed by atoms with Crippen molar-refractivity contribution >= 4 is 17.3 Å². The van der Waals surface area contributed by atoms with E-state index >= 15 is 0 Å². The summed E-state index contributed by atoms with van der Waals surface area (Å²) in [6, 6.07) is 4.23. The van der Waals surface area contributed by atoms with Crippen LogP contribution in [0.2, 0.25) is 0 Å². The maximum atomic E-state index is 12.6. The van der Waals surface area contributed by atoms with E-state index in [0.717, 1.165) is 18.4 Å². The summed E-state index contributed by atoms with van der Waals surface area (Å²) >= 11 is 0. The number of hydrogen-bond donors (Lipinski definition) is 1. The van der Waals surface area contributed by atoms with Crippen molar-refractivity contribution in [3.8, 4) is 17.3 Å². The lowest BCUT2D eigenvalue weighted by Gasteiger charge is -2.21. The molecule has 8 nitrogen and oxygen atoms in total. The number of anilines is 1. The van der Waals surface area contributed by atoms with Crippen molar-refractivity contribution in [2.45, 2.75) is 45.3 Å². The number of aromatic nitrogens is 4. The summed E-state index contributed by atoms with van der Waals surface area (Å²) in [7, 11) is 0. The van der Waals surface area contributed by atoms with E-state index in [2.05, 4.69) is 20.4 Å². The standard InChI is InChI=1S/C20H20N6O2/c1-20(2,3)28-19(27)15-9-22-16(6-17(15)25-13-4-5-13)14-10-24-26-11-12(7-21)8-23-18(14)26/h6,8-11,13H,4-5H2,1-3H3,(H,22,25). The van der Waals surface area contributed by atoms with Crippen LogP contribution >= 0.6 is 0 Å². The SMILES string of the molecule is CC(C)(C)OC(=O)c1cnc(-c2cnn3cc(C#N)cnc23)cc1NC1CC1. The van der Waals surface area contributed by atoms with E-state index in [4.69, 9.17) is 10.00 Å². The van der Waals surface area contributed by atoms with Crippen molar-refractivity contribution < 1.29 is 9.53 Å². The molecule has 0 spiro atoms. The molecule has 0 bridgehead atoms. The highest BCUT2D eigenvalue weighted by Gasteiger charge is 2.26. The number of nitriles is 1. The van der Waals surface area contributed by atoms with E-state index in [1.165, 1.54) is 12.4 Å². The van der Waals surface area contributed by atoms with Crippen LogP contribution < -0.4 is 5.32 Å². The third-order valence-electron chi connectivity index (χ3n) is 4.22. The first-order valence-electron chi connectivity index (χ1n) is 9.08. The first kappa shape index (κ1) is 17.9. The van der Waals surface area contributed by atoms with Gasteiger partial charge in [-0.2, -0.15) is 10.4 Å². The van der Waals surface area contributed by atoms with Gasteiger partial charge in [-0.1, -0.05) is 0 Å². The zero-order valence-electron chi connectivity index (χ0n) is 15.9. The summed E-state index contributed by atoms with van der Waals surface area (Å²) in [6.07, 6.45) is 8.44. The first-order chi connectivity index (χ1) is 13.3. The summed E-state index contributed by atoms with van der Waals surface area (Å²) in [5.74, 6) is -0.411. The minimum atomic E-state index is -0.586. The fraction of sp³-hybridized carbons (Fsp3) is 0.350. The number of rotatable bonds is 4. The van der Waals surface area contributed by atoms with Crippen LogP contribution in [-0.2, 0) is 4.74 Å². The van der Waals surface area contributed by atoms with E-state index in [-0.39, 0.29) is 0 Å². The Kier molecular flexibility index (Phi) is 4.23. The van der Waals surface area contributed by atoms with Crippen LogP contribution in [-0.4, -0.2) is 37.2 Å². The second kappa shape index (κ2) is 6.60. The highest BCUT2D eigenvalue weighted by molar-refractivity contribution is 5.96. The highest BCUT2D eigenvalue weighted by atomic mass is 16.6. The Balaban J connectivity index is 1.74. The number of nitrogens with one attached hydrogen (secondary N) is 1. The molecule has 28 heavy (non-hydrogen) atoms. The molecule has 142 valence electrons. The largest absolute Gasteiger partial charge is 0.456 e. The number of carbonyl (C=O) groups excluding carboxylic acids is 1. The molecule has 0 aromatic carbocycles. The molecule has 0 amide bonds. The first-order valence-corrected chi connectivity index (χ1v) is 9.08. The van der Waals surface area contributed by atoms with Crippen molar-refractivity contribution in [1.82, 2.24) is 19.6 Å². The molecule has 0 atom stereocenters. The van der Waals surface area contributed by atoms with Crippen molar-refractivity contribution in [2.24, 2.45) is 0 Å². The molecule has 0 unspecified atom stereocenters. The van der Waals surface area contributed by atoms with Crippen LogP contribution in [0.15, 0.2) is 30.9 Å². The molecule has 3 aromatic rings. The van der Waals surface area contributed by atoms with Gasteiger partial charge in [0.2, 0.25) is 0 Å². The maximum absolute atomic E-state index is 12.6. The Bertz CT molecular complexity index is 1100. The zero-order valence-corrected chi connectivity index (χ0v) is 15.9. The van der Waals surface area contributed by atoms with Gasteiger partial charge in [0.15, 0.2) is 5.65 Å². The second-order valence-corrected chi connectivity index (χ2v) is 7.82. The van der Waals surface area contributed by atoms with Crippen LogP contribution in [0.5, 0.6) is 0 Å². The number of esters is 1. The number of carbonyl (C=O) groups is 1. The summed E-state index contributed by atoms with van der Waals surface area (Å²) < 4.78 is 7.06. The van der Waals surface area contributed by atoms with Gasteiger partial charge in [0.1, 0.15) is 17.2 Å². The van der Waals surface area contributed by atoms with Gasteiger partial charge in [0.05, 0.1) is 34.9 Å². The Morgan fingerprint density at radius 2 is 2.07 bits per heavy atom. The summed E-state index contributed by atoms with van der Waals surface area (Å²) in [6.45, 7) is 5.50. The third-order valence-corrected chi connectivity index (χ3v) is 4.22. The van der Waals surface area contributed by atoms with Crippen LogP contribution in [0.1, 0.15) is 49.5 Å². The Morgan fingerprint density at radius 1 is 1.29 bits per heavy atom. The molecule has 0 aliphatic heterocycles. The van der Waals surface area contributed by atoms with Gasteiger partial charge in [-0.05, 0) is 39.7 Å². The Morgan fingerprint density at radius 3 is 2.75 bits per heavy atom. The lowest BCUT2D eigenvalue weighted by molar-refractivity contribution is 0.00703. The monoisotopic (exact) mass is 376 g/mol. The molecule has 1 saturated carbocycles. The van der Waals surface area contributed by atoms with Gasteiger partial charge < -0.3 is 10.1 Å². The quantitative estimate of drug-likeness (QED) is 0.697. The number of nitrogens with zero attached hydrogens (tertiary/aromatic N) is 5. The normalized spacial score (nSPS) is 13.9. The molecule has 1 N–H and O–H groups in total. The lowest BCUT2D eigenvalue weighted by Crippen LogP contribution is -2.24. The fourth-order valence-corrected chi connectivity index (χ4v) is 2.78. The van der Waals surface area contributed by atoms with Crippen molar-refractivity contribution in [3.63, 3.8) is 0 Å². The molecule has 1 aliphatic carbocycles. The topological polar surface area (TPSA) is 105 Å².